The molecule has 2 aliphatic rings. The summed E-state index contributed by atoms with van der Waals surface area (Å²) >= 11 is 0. The highest BCUT2D eigenvalue weighted by atomic mass is 32.2. The Morgan fingerprint density at radius 1 is 0.854 bits per heavy atom. The van der Waals surface area contributed by atoms with Gasteiger partial charge in [-0.1, -0.05) is 85.6 Å². The van der Waals surface area contributed by atoms with Crippen LogP contribution in [-0.4, -0.2) is 47.7 Å². The molecule has 8 nitrogen and oxygen atoms in total. The summed E-state index contributed by atoms with van der Waals surface area (Å²) < 4.78 is 36.3. The second kappa shape index (κ2) is 12.9. The Balaban J connectivity index is 1.30. The normalized spacial score (nSPS) is 15.8. The molecule has 0 fully saturated rings. The van der Waals surface area contributed by atoms with E-state index in [2.05, 4.69) is 0 Å². The molecule has 0 saturated carbocycles. The van der Waals surface area contributed by atoms with E-state index in [-0.39, 0.29) is 11.7 Å². The number of hydrogen-bond donors (Lipinski definition) is 1. The van der Waals surface area contributed by atoms with Gasteiger partial charge in [0.2, 0.25) is 0 Å². The average Bonchev–Trinajstić information content (AvgIpc) is 3.28. The molecule has 41 heavy (non-hydrogen) atoms. The fourth-order valence-electron chi connectivity index (χ4n) is 4.64. The molecule has 3 aromatic rings. The van der Waals surface area contributed by atoms with Crippen LogP contribution in [0.4, 0.5) is 0 Å². The van der Waals surface area contributed by atoms with Gasteiger partial charge in [0.15, 0.2) is 5.84 Å². The van der Waals surface area contributed by atoms with Crippen molar-refractivity contribution in [1.29, 1.82) is 0 Å². The van der Waals surface area contributed by atoms with Gasteiger partial charge in [0, 0.05) is 18.2 Å². The minimum atomic E-state index is -3.90. The quantitative estimate of drug-likeness (QED) is 0.169. The molecule has 0 radical (unpaired) electrons. The van der Waals surface area contributed by atoms with Gasteiger partial charge in [0.25, 0.3) is 16.0 Å². The van der Waals surface area contributed by atoms with Crippen molar-refractivity contribution in [3.05, 3.63) is 114 Å². The molecule has 0 spiro atoms. The Morgan fingerprint density at radius 3 is 2.34 bits per heavy atom. The number of carbonyl (C=O) groups excluding carboxylic acids is 1. The molecule has 2 heterocycles. The van der Waals surface area contributed by atoms with Gasteiger partial charge in [-0.25, -0.2) is 9.98 Å². The molecule has 0 atom stereocenters. The molecule has 0 aromatic heterocycles. The third-order valence-corrected chi connectivity index (χ3v) is 7.47. The molecule has 3 aromatic carbocycles. The molecule has 1 amide bonds. The van der Waals surface area contributed by atoms with Gasteiger partial charge in [-0.2, -0.15) is 8.42 Å². The monoisotopic (exact) mass is 569 g/mol. The van der Waals surface area contributed by atoms with E-state index in [1.165, 1.54) is 0 Å². The topological polar surface area (TPSA) is 109 Å². The standard InChI is InChI=1S/C32H31N3O5S/c36-32-29(22-25-14-11-17-27(20-25)40-18-9-1-2-10-19-41(37,38)39)34-31-28(21-24-12-5-3-6-13-24)33-30(23-35(31)32)26-15-7-4-8-16-26/h3-8,11-17,20,22-23H,1-2,9-10,18-19,21H2,(H,37,38,39)/b29-22-. The van der Waals surface area contributed by atoms with E-state index in [1.807, 2.05) is 84.9 Å². The van der Waals surface area contributed by atoms with Crippen LogP contribution in [0.1, 0.15) is 42.4 Å². The molecule has 5 rings (SSSR count). The van der Waals surface area contributed by atoms with Crippen molar-refractivity contribution in [1.82, 2.24) is 4.90 Å². The van der Waals surface area contributed by atoms with Crippen molar-refractivity contribution in [3.8, 4) is 5.75 Å². The van der Waals surface area contributed by atoms with Gasteiger partial charge in [-0.15, -0.1) is 0 Å². The third-order valence-electron chi connectivity index (χ3n) is 6.67. The lowest BCUT2D eigenvalue weighted by atomic mass is 10.1. The zero-order valence-corrected chi connectivity index (χ0v) is 23.3. The fourth-order valence-corrected chi connectivity index (χ4v) is 5.21. The average molecular weight is 570 g/mol. The molecule has 0 saturated heterocycles. The van der Waals surface area contributed by atoms with Crippen molar-refractivity contribution in [3.63, 3.8) is 0 Å². The van der Waals surface area contributed by atoms with E-state index >= 15 is 0 Å². The summed E-state index contributed by atoms with van der Waals surface area (Å²) in [5, 5.41) is 0. The summed E-state index contributed by atoms with van der Waals surface area (Å²) in [6.45, 7) is 0.479. The lowest BCUT2D eigenvalue weighted by Crippen LogP contribution is -2.36. The number of ether oxygens (including phenoxy) is 1. The number of aliphatic imine (C=N–C) groups is 2. The van der Waals surface area contributed by atoms with Crippen LogP contribution in [0, 0.1) is 0 Å². The number of rotatable bonds is 12. The van der Waals surface area contributed by atoms with Crippen molar-refractivity contribution in [2.45, 2.75) is 32.1 Å². The zero-order chi connectivity index (χ0) is 28.7. The minimum absolute atomic E-state index is 0.214. The van der Waals surface area contributed by atoms with Crippen molar-refractivity contribution < 1.29 is 22.5 Å². The van der Waals surface area contributed by atoms with Gasteiger partial charge in [-0.05, 0) is 42.2 Å². The number of carbonyl (C=O) groups is 1. The van der Waals surface area contributed by atoms with E-state index < -0.39 is 10.1 Å². The van der Waals surface area contributed by atoms with Crippen LogP contribution in [0.25, 0.3) is 11.8 Å². The number of benzene rings is 3. The first-order valence-corrected chi connectivity index (χ1v) is 15.2. The summed E-state index contributed by atoms with van der Waals surface area (Å²) in [6, 6.07) is 27.3. The van der Waals surface area contributed by atoms with Crippen molar-refractivity contribution in [2.24, 2.45) is 9.98 Å². The second-order valence-corrected chi connectivity index (χ2v) is 11.4. The Hall–Kier alpha value is -4.34. The number of amides is 1. The van der Waals surface area contributed by atoms with Crippen LogP contribution >= 0.6 is 0 Å². The molecule has 2 aliphatic heterocycles. The lowest BCUT2D eigenvalue weighted by Gasteiger charge is -2.21. The maximum atomic E-state index is 13.5. The predicted octanol–water partition coefficient (Wildman–Crippen LogP) is 5.79. The number of hydrogen-bond acceptors (Lipinski definition) is 6. The Morgan fingerprint density at radius 2 is 1.59 bits per heavy atom. The van der Waals surface area contributed by atoms with Gasteiger partial charge in [0.1, 0.15) is 11.4 Å². The highest BCUT2D eigenvalue weighted by Gasteiger charge is 2.35. The molecule has 9 heteroatoms. The second-order valence-electron chi connectivity index (χ2n) is 9.86. The van der Waals surface area contributed by atoms with Gasteiger partial charge >= 0.3 is 0 Å². The molecule has 0 unspecified atom stereocenters. The van der Waals surface area contributed by atoms with Gasteiger partial charge in [-0.3, -0.25) is 14.2 Å². The summed E-state index contributed by atoms with van der Waals surface area (Å²) in [5.41, 5.74) is 4.54. The number of fused-ring (bicyclic) bond motifs is 1. The lowest BCUT2D eigenvalue weighted by molar-refractivity contribution is -0.120. The number of nitrogens with zero attached hydrogens (tertiary/aromatic N) is 3. The number of unbranched alkanes of at least 4 members (excludes halogenated alkanes) is 3. The minimum Gasteiger partial charge on any atom is -0.494 e. The Labute approximate surface area is 240 Å². The third kappa shape index (κ3) is 7.65. The van der Waals surface area contributed by atoms with E-state index in [0.717, 1.165) is 35.2 Å². The van der Waals surface area contributed by atoms with Gasteiger partial charge < -0.3 is 4.74 Å². The largest absolute Gasteiger partial charge is 0.494 e. The summed E-state index contributed by atoms with van der Waals surface area (Å²) in [5.74, 6) is 0.774. The van der Waals surface area contributed by atoms with Crippen LogP contribution in [0.15, 0.2) is 107 Å². The summed E-state index contributed by atoms with van der Waals surface area (Å²) in [7, 11) is -3.90. The molecule has 0 aliphatic carbocycles. The van der Waals surface area contributed by atoms with E-state index in [4.69, 9.17) is 19.3 Å². The van der Waals surface area contributed by atoms with Crippen LogP contribution < -0.4 is 4.74 Å². The van der Waals surface area contributed by atoms with Crippen LogP contribution in [-0.2, 0) is 21.3 Å². The van der Waals surface area contributed by atoms with Crippen LogP contribution in [0.2, 0.25) is 0 Å². The van der Waals surface area contributed by atoms with E-state index in [0.29, 0.717) is 48.8 Å². The smallest absolute Gasteiger partial charge is 0.282 e. The highest BCUT2D eigenvalue weighted by molar-refractivity contribution is 7.85. The summed E-state index contributed by atoms with van der Waals surface area (Å²) in [4.78, 5) is 24.7. The molecular weight excluding hydrogens is 538 g/mol. The highest BCUT2D eigenvalue weighted by Crippen LogP contribution is 2.29. The Kier molecular flexibility index (Phi) is 8.86. The molecule has 210 valence electrons. The zero-order valence-electron chi connectivity index (χ0n) is 22.5. The first kappa shape index (κ1) is 28.2. The first-order chi connectivity index (χ1) is 19.9. The molecular formula is C32H31N3O5S. The van der Waals surface area contributed by atoms with Crippen LogP contribution in [0.3, 0.4) is 0 Å². The maximum absolute atomic E-state index is 13.5. The van der Waals surface area contributed by atoms with Crippen LogP contribution in [0.5, 0.6) is 5.75 Å². The van der Waals surface area contributed by atoms with Gasteiger partial charge in [0.05, 0.1) is 23.8 Å². The van der Waals surface area contributed by atoms with Crippen molar-refractivity contribution in [2.75, 3.05) is 12.4 Å². The SMILES string of the molecule is O=C1/C(=C/c2cccc(OCCCCCCS(=O)(=O)O)c2)N=C2C(Cc3ccccc3)=NC(c3ccccc3)=CN12. The predicted molar refractivity (Wildman–Crippen MR) is 161 cm³/mol. The molecule has 0 bridgehead atoms. The Bertz CT molecular complexity index is 1630. The summed E-state index contributed by atoms with van der Waals surface area (Å²) in [6.07, 6.45) is 6.73. The van der Waals surface area contributed by atoms with E-state index in [9.17, 15) is 13.2 Å². The molecule has 1 N–H and O–H groups in total. The maximum Gasteiger partial charge on any atom is 0.282 e. The van der Waals surface area contributed by atoms with Crippen molar-refractivity contribution >= 4 is 39.3 Å². The van der Waals surface area contributed by atoms with E-state index in [1.54, 1.807) is 17.2 Å². The fraction of sp³-hybridized carbons (Fsp3) is 0.219. The first-order valence-electron chi connectivity index (χ1n) is 13.6. The number of amidine groups is 1.